The van der Waals surface area contributed by atoms with E-state index >= 15 is 0 Å². The fourth-order valence-electron chi connectivity index (χ4n) is 4.15. The quantitative estimate of drug-likeness (QED) is 0.426. The molecule has 0 aliphatic heterocycles. The number of hydrogen-bond donors (Lipinski definition) is 1. The molecule has 36 heavy (non-hydrogen) atoms. The first kappa shape index (κ1) is 27.2. The lowest BCUT2D eigenvalue weighted by atomic mass is 10.1. The molecule has 194 valence electrons. The monoisotopic (exact) mass is 503 g/mol. The second-order valence-corrected chi connectivity index (χ2v) is 8.84. The third-order valence-corrected chi connectivity index (χ3v) is 5.92. The molecule has 0 aliphatic rings. The van der Waals surface area contributed by atoms with Gasteiger partial charge in [0, 0.05) is 19.6 Å². The molecule has 1 atom stereocenters. The Kier molecular flexibility index (Phi) is 8.73. The number of para-hydroxylation sites is 2. The number of fused-ring (bicyclic) bond motifs is 1. The van der Waals surface area contributed by atoms with Gasteiger partial charge in [-0.2, -0.15) is 13.2 Å². The van der Waals surface area contributed by atoms with Gasteiger partial charge in [0.25, 0.3) is 5.56 Å². The molecule has 2 aromatic carbocycles. The van der Waals surface area contributed by atoms with Gasteiger partial charge in [0.15, 0.2) is 0 Å². The summed E-state index contributed by atoms with van der Waals surface area (Å²) < 4.78 is 42.2. The molecule has 3 aromatic rings. The summed E-state index contributed by atoms with van der Waals surface area (Å²) in [6.45, 7) is 4.90. The number of rotatable bonds is 9. The molecule has 1 aromatic heterocycles. The number of urea groups is 1. The highest BCUT2D eigenvalue weighted by molar-refractivity contribution is 5.90. The standard InChI is InChI=1S/C26H32F3N5O2/c1-5-15-34-23(30-20-13-9-7-11-18(20)24(34)35)22(6-2)33(17-16-32(3)4)25(36)31-21-14-10-8-12-19(21)26(27,28)29/h7-14,22H,5-6,15-17H2,1-4H3,(H,31,36). The molecule has 0 aliphatic carbocycles. The molecular weight excluding hydrogens is 471 g/mol. The van der Waals surface area contributed by atoms with Gasteiger partial charge in [-0.3, -0.25) is 9.36 Å². The zero-order valence-corrected chi connectivity index (χ0v) is 21.0. The molecule has 1 heterocycles. The van der Waals surface area contributed by atoms with E-state index in [0.717, 1.165) is 6.07 Å². The second-order valence-electron chi connectivity index (χ2n) is 8.84. The number of amides is 2. The van der Waals surface area contributed by atoms with E-state index in [1.54, 1.807) is 28.8 Å². The summed E-state index contributed by atoms with van der Waals surface area (Å²) in [5.74, 6) is 0.418. The Hall–Kier alpha value is -3.40. The first-order valence-electron chi connectivity index (χ1n) is 12.0. The Bertz CT molecular complexity index is 1260. The Labute approximate surface area is 208 Å². The Morgan fingerprint density at radius 1 is 1.06 bits per heavy atom. The molecular formula is C26H32F3N5O2. The van der Waals surface area contributed by atoms with Crippen molar-refractivity contribution in [1.29, 1.82) is 0 Å². The SMILES string of the molecule is CCCn1c(C(CC)N(CCN(C)C)C(=O)Nc2ccccc2C(F)(F)F)nc2ccccc2c1=O. The first-order chi connectivity index (χ1) is 17.1. The van der Waals surface area contributed by atoms with E-state index in [1.807, 2.05) is 32.8 Å². The summed E-state index contributed by atoms with van der Waals surface area (Å²) in [7, 11) is 3.69. The largest absolute Gasteiger partial charge is 0.418 e. The molecule has 1 N–H and O–H groups in total. The van der Waals surface area contributed by atoms with Crippen LogP contribution in [-0.2, 0) is 12.7 Å². The molecule has 0 bridgehead atoms. The topological polar surface area (TPSA) is 70.5 Å². The molecule has 3 rings (SSSR count). The van der Waals surface area contributed by atoms with E-state index in [9.17, 15) is 22.8 Å². The third kappa shape index (κ3) is 6.04. The van der Waals surface area contributed by atoms with Crippen LogP contribution in [0.25, 0.3) is 10.9 Å². The number of carbonyl (C=O) groups is 1. The first-order valence-corrected chi connectivity index (χ1v) is 12.0. The van der Waals surface area contributed by atoms with Gasteiger partial charge in [0.2, 0.25) is 0 Å². The molecule has 0 saturated carbocycles. The highest BCUT2D eigenvalue weighted by atomic mass is 19.4. The summed E-state index contributed by atoms with van der Waals surface area (Å²) in [5, 5.41) is 2.94. The second kappa shape index (κ2) is 11.6. The number of benzene rings is 2. The number of nitrogens with one attached hydrogen (secondary N) is 1. The molecule has 2 amide bonds. The van der Waals surface area contributed by atoms with Gasteiger partial charge >= 0.3 is 12.2 Å². The number of nitrogens with zero attached hydrogens (tertiary/aromatic N) is 4. The van der Waals surface area contributed by atoms with Gasteiger partial charge < -0.3 is 15.1 Å². The third-order valence-electron chi connectivity index (χ3n) is 5.92. The number of aromatic nitrogens is 2. The van der Waals surface area contributed by atoms with Gasteiger partial charge in [0.05, 0.1) is 28.2 Å². The zero-order chi connectivity index (χ0) is 26.5. The van der Waals surface area contributed by atoms with E-state index in [4.69, 9.17) is 4.98 Å². The minimum Gasteiger partial charge on any atom is -0.313 e. The fraction of sp³-hybridized carbons (Fsp3) is 0.423. The molecule has 1 unspecified atom stereocenters. The average Bonchev–Trinajstić information content (AvgIpc) is 2.83. The van der Waals surface area contributed by atoms with Gasteiger partial charge in [-0.15, -0.1) is 0 Å². The van der Waals surface area contributed by atoms with E-state index in [1.165, 1.54) is 23.1 Å². The van der Waals surface area contributed by atoms with Crippen molar-refractivity contribution in [2.75, 3.05) is 32.5 Å². The molecule has 0 radical (unpaired) electrons. The zero-order valence-electron chi connectivity index (χ0n) is 21.0. The lowest BCUT2D eigenvalue weighted by Crippen LogP contribution is -2.44. The number of hydrogen-bond acceptors (Lipinski definition) is 4. The van der Waals surface area contributed by atoms with Crippen molar-refractivity contribution in [3.63, 3.8) is 0 Å². The van der Waals surface area contributed by atoms with E-state index in [0.29, 0.717) is 42.7 Å². The summed E-state index contributed by atoms with van der Waals surface area (Å²) in [4.78, 5) is 35.0. The number of carbonyl (C=O) groups excluding carboxylic acids is 1. The normalized spacial score (nSPS) is 12.7. The van der Waals surface area contributed by atoms with Crippen molar-refractivity contribution in [3.8, 4) is 0 Å². The minimum atomic E-state index is -4.62. The molecule has 0 fully saturated rings. The number of halogens is 3. The lowest BCUT2D eigenvalue weighted by Gasteiger charge is -2.33. The lowest BCUT2D eigenvalue weighted by molar-refractivity contribution is -0.136. The Morgan fingerprint density at radius 2 is 1.72 bits per heavy atom. The molecule has 10 heteroatoms. The number of anilines is 1. The van der Waals surface area contributed by atoms with Crippen LogP contribution in [0.2, 0.25) is 0 Å². The van der Waals surface area contributed by atoms with E-state index in [2.05, 4.69) is 5.32 Å². The van der Waals surface area contributed by atoms with Crippen LogP contribution in [-0.4, -0.2) is 52.6 Å². The Morgan fingerprint density at radius 3 is 2.36 bits per heavy atom. The number of alkyl halides is 3. The van der Waals surface area contributed by atoms with Gasteiger partial charge in [-0.25, -0.2) is 9.78 Å². The maximum Gasteiger partial charge on any atom is 0.418 e. The van der Waals surface area contributed by atoms with E-state index in [-0.39, 0.29) is 17.8 Å². The van der Waals surface area contributed by atoms with Gasteiger partial charge in [0.1, 0.15) is 5.82 Å². The van der Waals surface area contributed by atoms with Crippen molar-refractivity contribution in [3.05, 3.63) is 70.3 Å². The highest BCUT2D eigenvalue weighted by Crippen LogP contribution is 2.35. The smallest absolute Gasteiger partial charge is 0.313 e. The highest BCUT2D eigenvalue weighted by Gasteiger charge is 2.35. The van der Waals surface area contributed by atoms with Crippen molar-refractivity contribution in [2.24, 2.45) is 0 Å². The maximum atomic E-state index is 13.6. The molecule has 7 nitrogen and oxygen atoms in total. The fourth-order valence-corrected chi connectivity index (χ4v) is 4.15. The van der Waals surface area contributed by atoms with Gasteiger partial charge in [-0.05, 0) is 51.2 Å². The average molecular weight is 504 g/mol. The van der Waals surface area contributed by atoms with Crippen LogP contribution in [0, 0.1) is 0 Å². The Balaban J connectivity index is 2.10. The van der Waals surface area contributed by atoms with Crippen molar-refractivity contribution >= 4 is 22.6 Å². The van der Waals surface area contributed by atoms with Crippen LogP contribution in [0.4, 0.5) is 23.7 Å². The van der Waals surface area contributed by atoms with Crippen LogP contribution in [0.15, 0.2) is 53.3 Å². The summed E-state index contributed by atoms with van der Waals surface area (Å²) in [6, 6.07) is 10.6. The van der Waals surface area contributed by atoms with Crippen LogP contribution < -0.4 is 10.9 Å². The van der Waals surface area contributed by atoms with Crippen molar-refractivity contribution in [1.82, 2.24) is 19.4 Å². The van der Waals surface area contributed by atoms with Crippen LogP contribution >= 0.6 is 0 Å². The number of likely N-dealkylation sites (N-methyl/N-ethyl adjacent to an activating group) is 1. The van der Waals surface area contributed by atoms with Crippen molar-refractivity contribution < 1.29 is 18.0 Å². The van der Waals surface area contributed by atoms with Crippen LogP contribution in [0.1, 0.15) is 44.1 Å². The summed E-state index contributed by atoms with van der Waals surface area (Å²) in [5.41, 5.74) is -0.937. The molecule has 0 saturated heterocycles. The predicted molar refractivity (Wildman–Crippen MR) is 135 cm³/mol. The summed E-state index contributed by atoms with van der Waals surface area (Å²) in [6.07, 6.45) is -3.54. The molecule has 0 spiro atoms. The van der Waals surface area contributed by atoms with Crippen molar-refractivity contribution in [2.45, 2.75) is 45.5 Å². The van der Waals surface area contributed by atoms with Gasteiger partial charge in [-0.1, -0.05) is 38.1 Å². The summed E-state index contributed by atoms with van der Waals surface area (Å²) >= 11 is 0. The predicted octanol–water partition coefficient (Wildman–Crippen LogP) is 5.37. The van der Waals surface area contributed by atoms with Crippen LogP contribution in [0.5, 0.6) is 0 Å². The van der Waals surface area contributed by atoms with E-state index < -0.39 is 23.8 Å². The van der Waals surface area contributed by atoms with Crippen LogP contribution in [0.3, 0.4) is 0 Å². The minimum absolute atomic E-state index is 0.203. The maximum absolute atomic E-state index is 13.6.